The second kappa shape index (κ2) is 7.93. The molecular formula is C17H15F2N7O2. The maximum atomic E-state index is 12.7. The Labute approximate surface area is 158 Å². The van der Waals surface area contributed by atoms with E-state index in [-0.39, 0.29) is 16.9 Å². The number of carbonyl (C=O) groups excluding carboxylic acids is 1. The van der Waals surface area contributed by atoms with Gasteiger partial charge in [0.15, 0.2) is 5.65 Å². The van der Waals surface area contributed by atoms with Gasteiger partial charge in [-0.05, 0) is 19.9 Å². The number of halogens is 2. The standard InChI is InChI=1S/C17H15F2N7O2/c1-9-3-14-22-8-13(15(26(14)25-9)10(2)28-16(18)19)24-17(27)23-12-4-11(5-20)6-21-7-12/h3-4,6-8,10,16H,1-2H3,(H2,23,24,27). The van der Waals surface area contributed by atoms with E-state index in [2.05, 4.69) is 30.4 Å². The third kappa shape index (κ3) is 4.18. The highest BCUT2D eigenvalue weighted by molar-refractivity contribution is 6.00. The van der Waals surface area contributed by atoms with Crippen molar-refractivity contribution in [1.29, 1.82) is 5.26 Å². The van der Waals surface area contributed by atoms with Crippen molar-refractivity contribution in [2.24, 2.45) is 0 Å². The van der Waals surface area contributed by atoms with E-state index < -0.39 is 18.7 Å². The summed E-state index contributed by atoms with van der Waals surface area (Å²) >= 11 is 0. The molecule has 0 aromatic carbocycles. The fraction of sp³-hybridized carbons (Fsp3) is 0.235. The average Bonchev–Trinajstić information content (AvgIpc) is 3.01. The van der Waals surface area contributed by atoms with Crippen LogP contribution < -0.4 is 10.6 Å². The Kier molecular flexibility index (Phi) is 5.42. The number of urea groups is 1. The average molecular weight is 387 g/mol. The van der Waals surface area contributed by atoms with E-state index >= 15 is 0 Å². The van der Waals surface area contributed by atoms with Gasteiger partial charge in [-0.3, -0.25) is 4.98 Å². The third-order valence-corrected chi connectivity index (χ3v) is 3.71. The number of nitriles is 1. The number of aryl methyl sites for hydroxylation is 1. The molecule has 2 N–H and O–H groups in total. The molecule has 2 amide bonds. The Morgan fingerprint density at radius 3 is 2.79 bits per heavy atom. The Morgan fingerprint density at radius 2 is 2.07 bits per heavy atom. The molecule has 144 valence electrons. The minimum absolute atomic E-state index is 0.144. The van der Waals surface area contributed by atoms with Crippen molar-refractivity contribution in [3.63, 3.8) is 0 Å². The lowest BCUT2D eigenvalue weighted by Gasteiger charge is -2.18. The number of ether oxygens (including phenoxy) is 1. The molecule has 3 aromatic heterocycles. The summed E-state index contributed by atoms with van der Waals surface area (Å²) in [4.78, 5) is 20.4. The predicted octanol–water partition coefficient (Wildman–Crippen LogP) is 3.25. The molecule has 1 atom stereocenters. The number of amides is 2. The van der Waals surface area contributed by atoms with Crippen LogP contribution in [0.3, 0.4) is 0 Å². The van der Waals surface area contributed by atoms with E-state index in [0.717, 1.165) is 0 Å². The lowest BCUT2D eigenvalue weighted by Crippen LogP contribution is -2.23. The van der Waals surface area contributed by atoms with E-state index in [4.69, 9.17) is 5.26 Å². The molecule has 0 saturated carbocycles. The maximum Gasteiger partial charge on any atom is 0.345 e. The number of carbonyl (C=O) groups is 1. The van der Waals surface area contributed by atoms with Gasteiger partial charge in [-0.15, -0.1) is 0 Å². The summed E-state index contributed by atoms with van der Waals surface area (Å²) in [5.41, 5.74) is 1.96. The first kappa shape index (κ1) is 19.1. The van der Waals surface area contributed by atoms with Crippen molar-refractivity contribution in [2.75, 3.05) is 10.6 Å². The van der Waals surface area contributed by atoms with Gasteiger partial charge in [-0.25, -0.2) is 14.3 Å². The first-order valence-corrected chi connectivity index (χ1v) is 8.09. The number of rotatable bonds is 5. The minimum Gasteiger partial charge on any atom is -0.313 e. The van der Waals surface area contributed by atoms with E-state index in [1.807, 2.05) is 6.07 Å². The largest absolute Gasteiger partial charge is 0.345 e. The number of hydrogen-bond acceptors (Lipinski definition) is 6. The van der Waals surface area contributed by atoms with Crippen molar-refractivity contribution in [1.82, 2.24) is 19.6 Å². The van der Waals surface area contributed by atoms with Crippen LogP contribution in [0.15, 0.2) is 30.7 Å². The van der Waals surface area contributed by atoms with Gasteiger partial charge in [0.05, 0.1) is 40.7 Å². The molecule has 9 nitrogen and oxygen atoms in total. The number of alkyl halides is 2. The number of anilines is 2. The lowest BCUT2D eigenvalue weighted by molar-refractivity contribution is -0.160. The number of nitrogens with one attached hydrogen (secondary N) is 2. The molecule has 3 heterocycles. The highest BCUT2D eigenvalue weighted by Gasteiger charge is 2.22. The van der Waals surface area contributed by atoms with Crippen LogP contribution in [0.4, 0.5) is 25.0 Å². The fourth-order valence-electron chi connectivity index (χ4n) is 2.63. The SMILES string of the molecule is Cc1cc2ncc(NC(=O)Nc3cncc(C#N)c3)c(C(C)OC(F)F)n2n1. The fourth-order valence-corrected chi connectivity index (χ4v) is 2.63. The number of nitrogens with zero attached hydrogens (tertiary/aromatic N) is 5. The van der Waals surface area contributed by atoms with Crippen molar-refractivity contribution in [2.45, 2.75) is 26.6 Å². The maximum absolute atomic E-state index is 12.7. The van der Waals surface area contributed by atoms with Crippen LogP contribution in [0.25, 0.3) is 5.65 Å². The van der Waals surface area contributed by atoms with E-state index in [1.54, 1.807) is 13.0 Å². The Hall–Kier alpha value is -3.65. The van der Waals surface area contributed by atoms with Gasteiger partial charge >= 0.3 is 12.6 Å². The van der Waals surface area contributed by atoms with Crippen LogP contribution in [-0.2, 0) is 4.74 Å². The van der Waals surface area contributed by atoms with Gasteiger partial charge in [-0.1, -0.05) is 0 Å². The van der Waals surface area contributed by atoms with Gasteiger partial charge in [0.25, 0.3) is 0 Å². The number of fused-ring (bicyclic) bond motifs is 1. The first-order valence-electron chi connectivity index (χ1n) is 8.09. The van der Waals surface area contributed by atoms with Crippen molar-refractivity contribution < 1.29 is 18.3 Å². The van der Waals surface area contributed by atoms with Crippen LogP contribution in [0.5, 0.6) is 0 Å². The first-order chi connectivity index (χ1) is 13.4. The molecule has 0 aliphatic heterocycles. The van der Waals surface area contributed by atoms with Crippen molar-refractivity contribution in [3.8, 4) is 6.07 Å². The van der Waals surface area contributed by atoms with Crippen molar-refractivity contribution in [3.05, 3.63) is 47.7 Å². The van der Waals surface area contributed by atoms with Gasteiger partial charge in [-0.2, -0.15) is 19.1 Å². The van der Waals surface area contributed by atoms with E-state index in [1.165, 1.54) is 36.1 Å². The Morgan fingerprint density at radius 1 is 1.29 bits per heavy atom. The van der Waals surface area contributed by atoms with Crippen LogP contribution in [0.1, 0.15) is 30.0 Å². The summed E-state index contributed by atoms with van der Waals surface area (Å²) in [6.45, 7) is 0.143. The summed E-state index contributed by atoms with van der Waals surface area (Å²) in [6.07, 6.45) is 2.97. The Bertz CT molecular complexity index is 1060. The van der Waals surface area contributed by atoms with Crippen LogP contribution in [0, 0.1) is 18.3 Å². The van der Waals surface area contributed by atoms with Crippen LogP contribution >= 0.6 is 0 Å². The van der Waals surface area contributed by atoms with Gasteiger partial charge < -0.3 is 15.4 Å². The van der Waals surface area contributed by atoms with Gasteiger partial charge in [0.1, 0.15) is 12.2 Å². The predicted molar refractivity (Wildman–Crippen MR) is 94.8 cm³/mol. The molecule has 1 unspecified atom stereocenters. The molecule has 0 spiro atoms. The topological polar surface area (TPSA) is 117 Å². The molecular weight excluding hydrogens is 372 g/mol. The molecule has 3 aromatic rings. The number of hydrogen-bond donors (Lipinski definition) is 2. The monoisotopic (exact) mass is 387 g/mol. The van der Waals surface area contributed by atoms with Crippen LogP contribution in [-0.4, -0.2) is 32.2 Å². The zero-order chi connectivity index (χ0) is 20.3. The Balaban J connectivity index is 1.91. The molecule has 3 rings (SSSR count). The van der Waals surface area contributed by atoms with Gasteiger partial charge in [0.2, 0.25) is 0 Å². The summed E-state index contributed by atoms with van der Waals surface area (Å²) in [7, 11) is 0. The van der Waals surface area contributed by atoms with Gasteiger partial charge in [0, 0.05) is 12.3 Å². The zero-order valence-electron chi connectivity index (χ0n) is 14.8. The molecule has 0 aliphatic carbocycles. The highest BCUT2D eigenvalue weighted by atomic mass is 19.3. The lowest BCUT2D eigenvalue weighted by atomic mass is 10.2. The second-order valence-corrected chi connectivity index (χ2v) is 5.81. The molecule has 28 heavy (non-hydrogen) atoms. The summed E-state index contributed by atoms with van der Waals surface area (Å²) in [6, 6.07) is 4.34. The summed E-state index contributed by atoms with van der Waals surface area (Å²) < 4.78 is 31.4. The summed E-state index contributed by atoms with van der Waals surface area (Å²) in [5, 5.41) is 18.2. The third-order valence-electron chi connectivity index (χ3n) is 3.71. The quantitative estimate of drug-likeness (QED) is 0.694. The molecule has 0 aliphatic rings. The molecule has 0 bridgehead atoms. The zero-order valence-corrected chi connectivity index (χ0v) is 14.8. The van der Waals surface area contributed by atoms with E-state index in [9.17, 15) is 13.6 Å². The number of pyridine rings is 1. The molecule has 11 heteroatoms. The van der Waals surface area contributed by atoms with Crippen LogP contribution in [0.2, 0.25) is 0 Å². The van der Waals surface area contributed by atoms with Crippen molar-refractivity contribution >= 4 is 23.1 Å². The number of aromatic nitrogens is 4. The smallest absolute Gasteiger partial charge is 0.313 e. The highest BCUT2D eigenvalue weighted by Crippen LogP contribution is 2.27. The second-order valence-electron chi connectivity index (χ2n) is 5.81. The summed E-state index contributed by atoms with van der Waals surface area (Å²) in [5.74, 6) is 0. The normalized spacial score (nSPS) is 12.0. The minimum atomic E-state index is -3.00. The molecule has 0 fully saturated rings. The molecule has 0 saturated heterocycles. The van der Waals surface area contributed by atoms with E-state index in [0.29, 0.717) is 17.0 Å². The molecule has 0 radical (unpaired) electrons.